The SMILES string of the molecule is CC(C)=C(C)C1(OC(=O)N2CCCCC2)CC2CCC1C2. The Bertz CT molecular complexity index is 446. The number of hydrogen-bond acceptors (Lipinski definition) is 2. The highest BCUT2D eigenvalue weighted by Crippen LogP contribution is 2.56. The van der Waals surface area contributed by atoms with E-state index in [0.29, 0.717) is 5.92 Å². The Balaban J connectivity index is 1.80. The highest BCUT2D eigenvalue weighted by atomic mass is 16.6. The lowest BCUT2D eigenvalue weighted by molar-refractivity contribution is -0.0230. The maximum atomic E-state index is 12.6. The van der Waals surface area contributed by atoms with Gasteiger partial charge in [-0.2, -0.15) is 0 Å². The molecule has 118 valence electrons. The van der Waals surface area contributed by atoms with Crippen molar-refractivity contribution in [1.82, 2.24) is 4.90 Å². The molecular weight excluding hydrogens is 262 g/mol. The highest BCUT2D eigenvalue weighted by Gasteiger charge is 2.55. The van der Waals surface area contributed by atoms with Crippen LogP contribution in [0.15, 0.2) is 11.1 Å². The van der Waals surface area contributed by atoms with E-state index in [1.165, 1.54) is 36.8 Å². The fourth-order valence-electron chi connectivity index (χ4n) is 4.66. The van der Waals surface area contributed by atoms with Crippen molar-refractivity contribution in [1.29, 1.82) is 0 Å². The highest BCUT2D eigenvalue weighted by molar-refractivity contribution is 5.69. The predicted molar refractivity (Wildman–Crippen MR) is 84.1 cm³/mol. The first-order valence-electron chi connectivity index (χ1n) is 8.65. The molecule has 3 heteroatoms. The van der Waals surface area contributed by atoms with Crippen LogP contribution in [0.5, 0.6) is 0 Å². The Kier molecular flexibility index (Phi) is 4.02. The third-order valence-electron chi connectivity index (χ3n) is 6.06. The lowest BCUT2D eigenvalue weighted by atomic mass is 9.77. The van der Waals surface area contributed by atoms with Crippen molar-refractivity contribution in [3.05, 3.63) is 11.1 Å². The normalized spacial score (nSPS) is 34.9. The third-order valence-corrected chi connectivity index (χ3v) is 6.06. The van der Waals surface area contributed by atoms with E-state index in [1.54, 1.807) is 0 Å². The summed E-state index contributed by atoms with van der Waals surface area (Å²) in [5, 5.41) is 0. The molecule has 0 aromatic heterocycles. The van der Waals surface area contributed by atoms with E-state index in [9.17, 15) is 4.79 Å². The first kappa shape index (κ1) is 14.9. The number of fused-ring (bicyclic) bond motifs is 2. The van der Waals surface area contributed by atoms with Crippen LogP contribution in [-0.4, -0.2) is 29.7 Å². The molecule has 3 rings (SSSR count). The van der Waals surface area contributed by atoms with Crippen molar-refractivity contribution in [2.45, 2.75) is 71.3 Å². The van der Waals surface area contributed by atoms with E-state index in [2.05, 4.69) is 20.8 Å². The molecule has 1 heterocycles. The zero-order valence-electron chi connectivity index (χ0n) is 13.8. The number of carbonyl (C=O) groups is 1. The summed E-state index contributed by atoms with van der Waals surface area (Å²) in [6.07, 6.45) is 8.26. The van der Waals surface area contributed by atoms with Crippen LogP contribution in [0.2, 0.25) is 0 Å². The minimum atomic E-state index is -0.295. The van der Waals surface area contributed by atoms with E-state index >= 15 is 0 Å². The minimum absolute atomic E-state index is 0.0668. The summed E-state index contributed by atoms with van der Waals surface area (Å²) in [6.45, 7) is 8.23. The van der Waals surface area contributed by atoms with Crippen LogP contribution in [0.3, 0.4) is 0 Å². The summed E-state index contributed by atoms with van der Waals surface area (Å²) in [5.74, 6) is 1.31. The molecule has 3 unspecified atom stereocenters. The van der Waals surface area contributed by atoms with E-state index < -0.39 is 0 Å². The second kappa shape index (κ2) is 5.66. The van der Waals surface area contributed by atoms with Crippen LogP contribution < -0.4 is 0 Å². The van der Waals surface area contributed by atoms with Gasteiger partial charge in [0, 0.05) is 19.0 Å². The van der Waals surface area contributed by atoms with Gasteiger partial charge in [0.2, 0.25) is 0 Å². The maximum absolute atomic E-state index is 12.6. The van der Waals surface area contributed by atoms with Crippen LogP contribution in [0.25, 0.3) is 0 Å². The molecular formula is C18H29NO2. The van der Waals surface area contributed by atoms with E-state index in [4.69, 9.17) is 4.74 Å². The number of likely N-dealkylation sites (tertiary alicyclic amines) is 1. The Labute approximate surface area is 128 Å². The topological polar surface area (TPSA) is 29.5 Å². The van der Waals surface area contributed by atoms with Gasteiger partial charge in [0.05, 0.1) is 0 Å². The Hall–Kier alpha value is -0.990. The van der Waals surface area contributed by atoms with Crippen molar-refractivity contribution in [3.8, 4) is 0 Å². The Morgan fingerprint density at radius 3 is 2.33 bits per heavy atom. The Morgan fingerprint density at radius 1 is 1.10 bits per heavy atom. The smallest absolute Gasteiger partial charge is 0.410 e. The summed E-state index contributed by atoms with van der Waals surface area (Å²) >= 11 is 0. The summed E-state index contributed by atoms with van der Waals surface area (Å²) in [7, 11) is 0. The van der Waals surface area contributed by atoms with Gasteiger partial charge in [-0.15, -0.1) is 0 Å². The van der Waals surface area contributed by atoms with Crippen molar-refractivity contribution in [3.63, 3.8) is 0 Å². The van der Waals surface area contributed by atoms with Crippen LogP contribution in [0.4, 0.5) is 4.79 Å². The largest absolute Gasteiger partial charge is 0.438 e. The van der Waals surface area contributed by atoms with Crippen LogP contribution >= 0.6 is 0 Å². The number of nitrogens with zero attached hydrogens (tertiary/aromatic N) is 1. The quantitative estimate of drug-likeness (QED) is 0.700. The van der Waals surface area contributed by atoms with Gasteiger partial charge in [-0.05, 0) is 77.2 Å². The van der Waals surface area contributed by atoms with Gasteiger partial charge in [0.15, 0.2) is 0 Å². The zero-order chi connectivity index (χ0) is 15.0. The zero-order valence-corrected chi connectivity index (χ0v) is 13.8. The number of rotatable bonds is 2. The van der Waals surface area contributed by atoms with E-state index in [1.807, 2.05) is 4.90 Å². The first-order chi connectivity index (χ1) is 10.0. The fraction of sp³-hybridized carbons (Fsp3) is 0.833. The van der Waals surface area contributed by atoms with Crippen molar-refractivity contribution in [2.75, 3.05) is 13.1 Å². The molecule has 2 bridgehead atoms. The van der Waals surface area contributed by atoms with Gasteiger partial charge < -0.3 is 9.64 Å². The van der Waals surface area contributed by atoms with Gasteiger partial charge >= 0.3 is 6.09 Å². The molecule has 0 radical (unpaired) electrons. The van der Waals surface area contributed by atoms with Gasteiger partial charge in [-0.25, -0.2) is 4.79 Å². The molecule has 21 heavy (non-hydrogen) atoms. The summed E-state index contributed by atoms with van der Waals surface area (Å²) < 4.78 is 6.22. The van der Waals surface area contributed by atoms with Crippen molar-refractivity contribution < 1.29 is 9.53 Å². The number of hydrogen-bond donors (Lipinski definition) is 0. The standard InChI is InChI=1S/C18H29NO2/c1-13(2)14(3)18(12-15-7-8-16(18)11-15)21-17(20)19-9-5-4-6-10-19/h15-16H,4-12H2,1-3H3. The van der Waals surface area contributed by atoms with E-state index in [0.717, 1.165) is 38.3 Å². The molecule has 0 aromatic carbocycles. The number of amides is 1. The number of allylic oxidation sites excluding steroid dienone is 1. The molecule has 3 atom stereocenters. The summed E-state index contributed by atoms with van der Waals surface area (Å²) in [6, 6.07) is 0. The summed E-state index contributed by atoms with van der Waals surface area (Å²) in [5.41, 5.74) is 2.32. The average Bonchev–Trinajstić information content (AvgIpc) is 3.08. The van der Waals surface area contributed by atoms with Crippen molar-refractivity contribution >= 4 is 6.09 Å². The van der Waals surface area contributed by atoms with Crippen molar-refractivity contribution in [2.24, 2.45) is 11.8 Å². The summed E-state index contributed by atoms with van der Waals surface area (Å²) in [4.78, 5) is 14.6. The fourth-order valence-corrected chi connectivity index (χ4v) is 4.66. The molecule has 2 saturated carbocycles. The minimum Gasteiger partial charge on any atom is -0.438 e. The Morgan fingerprint density at radius 2 is 1.81 bits per heavy atom. The van der Waals surface area contributed by atoms with Crippen LogP contribution in [0.1, 0.15) is 65.7 Å². The molecule has 0 spiro atoms. The molecule has 1 amide bonds. The molecule has 2 aliphatic carbocycles. The lowest BCUT2D eigenvalue weighted by Crippen LogP contribution is -2.47. The molecule has 3 aliphatic rings. The third kappa shape index (κ3) is 2.60. The average molecular weight is 291 g/mol. The molecule has 3 fully saturated rings. The van der Waals surface area contributed by atoms with Gasteiger partial charge in [-0.1, -0.05) is 5.57 Å². The van der Waals surface area contributed by atoms with E-state index in [-0.39, 0.29) is 11.7 Å². The molecule has 1 aliphatic heterocycles. The monoisotopic (exact) mass is 291 g/mol. The number of carbonyl (C=O) groups excluding carboxylic acids is 1. The molecule has 0 N–H and O–H groups in total. The first-order valence-corrected chi connectivity index (χ1v) is 8.65. The maximum Gasteiger partial charge on any atom is 0.410 e. The van der Waals surface area contributed by atoms with Gasteiger partial charge in [-0.3, -0.25) is 0 Å². The van der Waals surface area contributed by atoms with Gasteiger partial charge in [0.25, 0.3) is 0 Å². The lowest BCUT2D eigenvalue weighted by Gasteiger charge is -2.41. The second-order valence-electron chi connectivity index (χ2n) is 7.51. The predicted octanol–water partition coefficient (Wildman–Crippen LogP) is 4.52. The second-order valence-corrected chi connectivity index (χ2v) is 7.51. The van der Waals surface area contributed by atoms with Crippen LogP contribution in [-0.2, 0) is 4.74 Å². The van der Waals surface area contributed by atoms with Crippen LogP contribution in [0, 0.1) is 11.8 Å². The van der Waals surface area contributed by atoms with Gasteiger partial charge in [0.1, 0.15) is 5.60 Å². The molecule has 0 aromatic rings. The number of ether oxygens (including phenoxy) is 1. The molecule has 1 saturated heterocycles. The number of piperidine rings is 1. The molecule has 3 nitrogen and oxygen atoms in total.